The molecular weight excluding hydrogens is 388 g/mol. The summed E-state index contributed by atoms with van der Waals surface area (Å²) in [4.78, 5) is 40.0. The number of rotatable bonds is 5. The minimum absolute atomic E-state index is 0.0584. The average Bonchev–Trinajstić information content (AvgIpc) is 3.10. The summed E-state index contributed by atoms with van der Waals surface area (Å²) in [6.45, 7) is 1.71. The molecule has 0 aromatic heterocycles. The summed E-state index contributed by atoms with van der Waals surface area (Å²) >= 11 is 0.802. The summed E-state index contributed by atoms with van der Waals surface area (Å²) in [5.74, 6) is -0.925. The molecule has 1 aromatic carbocycles. The van der Waals surface area contributed by atoms with Crippen LogP contribution in [0.2, 0.25) is 0 Å². The highest BCUT2D eigenvalue weighted by Crippen LogP contribution is 2.32. The van der Waals surface area contributed by atoms with Gasteiger partial charge in [-0.3, -0.25) is 19.3 Å². The van der Waals surface area contributed by atoms with E-state index in [1.165, 1.54) is 4.90 Å². The first-order valence-electron chi connectivity index (χ1n) is 8.61. The zero-order valence-corrected chi connectivity index (χ0v) is 16.5. The normalized spacial score (nSPS) is 23.2. The molecule has 0 N–H and O–H groups in total. The van der Waals surface area contributed by atoms with Gasteiger partial charge in [-0.1, -0.05) is 30.3 Å². The van der Waals surface area contributed by atoms with E-state index in [0.29, 0.717) is 13.0 Å². The molecule has 1 unspecified atom stereocenters. The molecule has 0 saturated carbocycles. The second kappa shape index (κ2) is 7.85. The van der Waals surface area contributed by atoms with Crippen LogP contribution in [0.3, 0.4) is 0 Å². The van der Waals surface area contributed by atoms with Crippen LogP contribution < -0.4 is 0 Å². The third-order valence-electron chi connectivity index (χ3n) is 4.57. The van der Waals surface area contributed by atoms with Crippen LogP contribution in [0.4, 0.5) is 4.79 Å². The molecule has 2 saturated heterocycles. The fourth-order valence-corrected chi connectivity index (χ4v) is 5.79. The monoisotopic (exact) mass is 408 g/mol. The summed E-state index contributed by atoms with van der Waals surface area (Å²) in [5, 5.41) is -0.495. The van der Waals surface area contributed by atoms with Crippen LogP contribution in [0.5, 0.6) is 0 Å². The number of hydrogen-bond acceptors (Lipinski definition) is 6. The predicted molar refractivity (Wildman–Crippen MR) is 104 cm³/mol. The highest BCUT2D eigenvalue weighted by molar-refractivity contribution is 8.18. The van der Waals surface area contributed by atoms with E-state index in [0.717, 1.165) is 22.2 Å². The highest BCUT2D eigenvalue weighted by Gasteiger charge is 2.39. The van der Waals surface area contributed by atoms with E-state index in [4.69, 9.17) is 0 Å². The Kier molecular flexibility index (Phi) is 5.71. The molecule has 0 radical (unpaired) electrons. The fourth-order valence-electron chi connectivity index (χ4n) is 3.22. The van der Waals surface area contributed by atoms with Gasteiger partial charge in [-0.2, -0.15) is 0 Å². The van der Waals surface area contributed by atoms with Crippen LogP contribution in [-0.4, -0.2) is 65.9 Å². The van der Waals surface area contributed by atoms with Crippen molar-refractivity contribution in [3.8, 4) is 0 Å². The van der Waals surface area contributed by atoms with E-state index in [1.54, 1.807) is 13.0 Å². The van der Waals surface area contributed by atoms with Gasteiger partial charge < -0.3 is 4.90 Å². The first kappa shape index (κ1) is 19.6. The molecule has 3 rings (SSSR count). The van der Waals surface area contributed by atoms with Crippen molar-refractivity contribution in [3.63, 3.8) is 0 Å². The van der Waals surface area contributed by atoms with E-state index >= 15 is 0 Å². The molecule has 3 amide bonds. The first-order chi connectivity index (χ1) is 12.8. The minimum Gasteiger partial charge on any atom is -0.337 e. The van der Waals surface area contributed by atoms with Gasteiger partial charge in [0.15, 0.2) is 9.84 Å². The van der Waals surface area contributed by atoms with Gasteiger partial charge in [0.05, 0.1) is 16.4 Å². The summed E-state index contributed by atoms with van der Waals surface area (Å²) in [5.41, 5.74) is 0.792. The minimum atomic E-state index is -3.13. The van der Waals surface area contributed by atoms with E-state index in [9.17, 15) is 22.8 Å². The Balaban J connectivity index is 1.71. The van der Waals surface area contributed by atoms with Gasteiger partial charge in [-0.15, -0.1) is 0 Å². The maximum atomic E-state index is 12.6. The molecule has 9 heteroatoms. The Morgan fingerprint density at radius 2 is 2.00 bits per heavy atom. The van der Waals surface area contributed by atoms with Crippen molar-refractivity contribution < 1.29 is 22.8 Å². The van der Waals surface area contributed by atoms with Gasteiger partial charge in [-0.25, -0.2) is 8.42 Å². The fraction of sp³-hybridized carbons (Fsp3) is 0.389. The number of amides is 3. The van der Waals surface area contributed by atoms with E-state index in [-0.39, 0.29) is 23.0 Å². The van der Waals surface area contributed by atoms with Crippen LogP contribution in [0.1, 0.15) is 18.9 Å². The summed E-state index contributed by atoms with van der Waals surface area (Å²) in [6, 6.07) is 8.75. The van der Waals surface area contributed by atoms with Crippen molar-refractivity contribution >= 4 is 44.7 Å². The number of thioether (sulfide) groups is 1. The van der Waals surface area contributed by atoms with Crippen LogP contribution in [0.15, 0.2) is 35.2 Å². The van der Waals surface area contributed by atoms with Crippen LogP contribution >= 0.6 is 11.8 Å². The Morgan fingerprint density at radius 1 is 1.30 bits per heavy atom. The number of likely N-dealkylation sites (N-methyl/N-ethyl adjacent to an activating group) is 1. The third-order valence-corrected chi connectivity index (χ3v) is 7.23. The molecule has 1 aromatic rings. The van der Waals surface area contributed by atoms with Crippen LogP contribution in [0.25, 0.3) is 6.08 Å². The molecule has 2 heterocycles. The number of nitrogens with zero attached hydrogens (tertiary/aromatic N) is 2. The Labute approximate surface area is 162 Å². The molecule has 7 nitrogen and oxygen atoms in total. The molecule has 144 valence electrons. The van der Waals surface area contributed by atoms with Gasteiger partial charge in [0.25, 0.3) is 11.1 Å². The predicted octanol–water partition coefficient (Wildman–Crippen LogP) is 1.76. The maximum Gasteiger partial charge on any atom is 0.294 e. The Hall–Kier alpha value is -2.13. The SMILES string of the molecule is CCN(C(=O)CN1C(=O)S/C(=C\c2ccccc2)C1=O)C1CCS(=O)(=O)C1. The molecule has 0 bridgehead atoms. The summed E-state index contributed by atoms with van der Waals surface area (Å²) in [7, 11) is -3.13. The quantitative estimate of drug-likeness (QED) is 0.690. The molecule has 0 aliphatic carbocycles. The largest absolute Gasteiger partial charge is 0.337 e. The van der Waals surface area contributed by atoms with Gasteiger partial charge in [0.1, 0.15) is 6.54 Å². The number of sulfone groups is 1. The van der Waals surface area contributed by atoms with Crippen molar-refractivity contribution in [2.75, 3.05) is 24.6 Å². The molecule has 1 atom stereocenters. The lowest BCUT2D eigenvalue weighted by Crippen LogP contribution is -2.47. The van der Waals surface area contributed by atoms with Gasteiger partial charge in [0.2, 0.25) is 5.91 Å². The maximum absolute atomic E-state index is 12.6. The number of carbonyl (C=O) groups excluding carboxylic acids is 3. The number of hydrogen-bond donors (Lipinski definition) is 0. The summed E-state index contributed by atoms with van der Waals surface area (Å²) in [6.07, 6.45) is 2.01. The van der Waals surface area contributed by atoms with Crippen molar-refractivity contribution in [2.24, 2.45) is 0 Å². The number of benzene rings is 1. The van der Waals surface area contributed by atoms with Gasteiger partial charge >= 0.3 is 0 Å². The van der Waals surface area contributed by atoms with Crippen molar-refractivity contribution in [2.45, 2.75) is 19.4 Å². The molecular formula is C18H20N2O5S2. The van der Waals surface area contributed by atoms with Gasteiger partial charge in [-0.05, 0) is 36.7 Å². The van der Waals surface area contributed by atoms with Crippen LogP contribution in [0, 0.1) is 0 Å². The second-order valence-electron chi connectivity index (χ2n) is 6.42. The molecule has 2 fully saturated rings. The topological polar surface area (TPSA) is 91.8 Å². The molecule has 2 aliphatic heterocycles. The summed E-state index contributed by atoms with van der Waals surface area (Å²) < 4.78 is 23.4. The third kappa shape index (κ3) is 4.41. The average molecular weight is 409 g/mol. The number of carbonyl (C=O) groups is 3. The lowest BCUT2D eigenvalue weighted by atomic mass is 10.2. The van der Waals surface area contributed by atoms with E-state index in [1.807, 2.05) is 30.3 Å². The molecule has 0 spiro atoms. The van der Waals surface area contributed by atoms with Crippen molar-refractivity contribution in [1.29, 1.82) is 0 Å². The molecule has 27 heavy (non-hydrogen) atoms. The highest BCUT2D eigenvalue weighted by atomic mass is 32.2. The van der Waals surface area contributed by atoms with E-state index in [2.05, 4.69) is 0 Å². The number of imide groups is 1. The molecule has 2 aliphatic rings. The Bertz CT molecular complexity index is 896. The lowest BCUT2D eigenvalue weighted by Gasteiger charge is -2.28. The lowest BCUT2D eigenvalue weighted by molar-refractivity contribution is -0.137. The van der Waals surface area contributed by atoms with E-state index < -0.39 is 32.9 Å². The van der Waals surface area contributed by atoms with Crippen molar-refractivity contribution in [1.82, 2.24) is 9.80 Å². The zero-order chi connectivity index (χ0) is 19.6. The first-order valence-corrected chi connectivity index (χ1v) is 11.2. The van der Waals surface area contributed by atoms with Gasteiger partial charge in [0, 0.05) is 12.6 Å². The standard InChI is InChI=1S/C18H20N2O5S2/c1-2-19(14-8-9-27(24,25)12-14)16(21)11-20-17(22)15(26-18(20)23)10-13-6-4-3-5-7-13/h3-7,10,14H,2,8-9,11-12H2,1H3/b15-10-. The Morgan fingerprint density at radius 3 is 2.59 bits per heavy atom. The van der Waals surface area contributed by atoms with Crippen molar-refractivity contribution in [3.05, 3.63) is 40.8 Å². The smallest absolute Gasteiger partial charge is 0.294 e. The second-order valence-corrected chi connectivity index (χ2v) is 9.64. The van der Waals surface area contributed by atoms with Crippen LogP contribution in [-0.2, 0) is 19.4 Å². The zero-order valence-electron chi connectivity index (χ0n) is 14.8.